The van der Waals surface area contributed by atoms with Crippen LogP contribution in [0.5, 0.6) is 11.5 Å². The molecule has 0 radical (unpaired) electrons. The number of aromatic nitrogens is 2. The molecule has 3 heterocycles. The summed E-state index contributed by atoms with van der Waals surface area (Å²) < 4.78 is 11.2. The molecule has 4 aromatic rings. The average Bonchev–Trinajstić information content (AvgIpc) is 3.46. The van der Waals surface area contributed by atoms with Crippen molar-refractivity contribution in [1.82, 2.24) is 14.9 Å². The maximum atomic E-state index is 12.5. The van der Waals surface area contributed by atoms with Crippen molar-refractivity contribution < 1.29 is 14.3 Å². The number of halogens is 1. The highest BCUT2D eigenvalue weighted by molar-refractivity contribution is 6.30. The monoisotopic (exact) mass is 584 g/mol. The van der Waals surface area contributed by atoms with Crippen molar-refractivity contribution in [1.29, 1.82) is 0 Å². The Bertz CT molecular complexity index is 1620. The lowest BCUT2D eigenvalue weighted by molar-refractivity contribution is 0.0598. The molecule has 218 valence electrons. The minimum Gasteiger partial charge on any atom is -0.465 e. The van der Waals surface area contributed by atoms with E-state index < -0.39 is 5.97 Å². The third-order valence-corrected chi connectivity index (χ3v) is 8.76. The molecular formula is C34H37ClN4O3. The van der Waals surface area contributed by atoms with Crippen LogP contribution in [0.15, 0.2) is 72.6 Å². The van der Waals surface area contributed by atoms with Gasteiger partial charge < -0.3 is 19.4 Å². The number of piperazine rings is 1. The highest BCUT2D eigenvalue weighted by atomic mass is 35.5. The zero-order valence-electron chi connectivity index (χ0n) is 24.5. The summed E-state index contributed by atoms with van der Waals surface area (Å²) in [4.78, 5) is 25.0. The second-order valence-corrected chi connectivity index (χ2v) is 12.5. The minimum absolute atomic E-state index is 0.302. The van der Waals surface area contributed by atoms with E-state index in [4.69, 9.17) is 21.1 Å². The average molecular weight is 585 g/mol. The molecule has 0 atom stereocenters. The number of carbonyl (C=O) groups is 1. The molecule has 0 unspecified atom stereocenters. The van der Waals surface area contributed by atoms with E-state index in [9.17, 15) is 4.79 Å². The largest absolute Gasteiger partial charge is 0.465 e. The lowest BCUT2D eigenvalue weighted by Crippen LogP contribution is -2.47. The van der Waals surface area contributed by atoms with Crippen LogP contribution >= 0.6 is 11.6 Å². The molecule has 42 heavy (non-hydrogen) atoms. The molecule has 1 aliphatic carbocycles. The first-order chi connectivity index (χ1) is 20.3. The maximum Gasteiger partial charge on any atom is 0.341 e. The van der Waals surface area contributed by atoms with Gasteiger partial charge in [0.1, 0.15) is 22.7 Å². The number of aromatic amines is 1. The predicted octanol–water partition coefficient (Wildman–Crippen LogP) is 7.58. The van der Waals surface area contributed by atoms with Gasteiger partial charge in [0, 0.05) is 61.1 Å². The molecule has 1 aliphatic heterocycles. The Hall–Kier alpha value is -3.81. The molecular weight excluding hydrogens is 548 g/mol. The number of methoxy groups -OCH3 is 1. The Labute approximate surface area is 252 Å². The van der Waals surface area contributed by atoms with Gasteiger partial charge in [0.05, 0.1) is 13.3 Å². The Balaban J connectivity index is 1.18. The second kappa shape index (κ2) is 11.8. The van der Waals surface area contributed by atoms with Crippen LogP contribution in [-0.2, 0) is 4.74 Å². The predicted molar refractivity (Wildman–Crippen MR) is 169 cm³/mol. The zero-order chi connectivity index (χ0) is 29.3. The molecule has 0 amide bonds. The van der Waals surface area contributed by atoms with Crippen LogP contribution in [0.1, 0.15) is 49.0 Å². The van der Waals surface area contributed by atoms with Crippen molar-refractivity contribution in [2.75, 3.05) is 44.7 Å². The number of anilines is 1. The molecule has 0 bridgehead atoms. The minimum atomic E-state index is -0.433. The topological polar surface area (TPSA) is 70.7 Å². The molecule has 1 fully saturated rings. The van der Waals surface area contributed by atoms with E-state index in [1.54, 1.807) is 17.8 Å². The number of fused-ring (bicyclic) bond motifs is 1. The summed E-state index contributed by atoms with van der Waals surface area (Å²) in [5, 5.41) is 1.72. The van der Waals surface area contributed by atoms with Crippen LogP contribution in [0.25, 0.3) is 16.6 Å². The summed E-state index contributed by atoms with van der Waals surface area (Å²) in [5.74, 6) is 0.591. The number of hydrogen-bond donors (Lipinski definition) is 1. The number of hydrogen-bond acceptors (Lipinski definition) is 6. The maximum absolute atomic E-state index is 12.5. The fourth-order valence-corrected chi connectivity index (χ4v) is 6.20. The molecule has 8 heteroatoms. The number of nitrogens with zero attached hydrogens (tertiary/aromatic N) is 3. The number of H-pyrrole nitrogens is 1. The van der Waals surface area contributed by atoms with Gasteiger partial charge in [0.25, 0.3) is 0 Å². The van der Waals surface area contributed by atoms with Crippen molar-refractivity contribution in [2.45, 2.75) is 33.1 Å². The zero-order valence-corrected chi connectivity index (χ0v) is 25.2. The standard InChI is InChI=1S/C34H37ClN4O3/c1-34(2)12-10-25(30(20-34)23-4-6-26(35)7-5-23)22-38-14-16-39(17-15-38)27-8-9-29(33(40)41-3)31(19-27)42-28-18-24-11-13-36-32(24)37-21-28/h4-9,11,13,18-19,21H,10,12,14-17,20,22H2,1-3H3,(H,36,37). The highest BCUT2D eigenvalue weighted by Gasteiger charge is 2.29. The summed E-state index contributed by atoms with van der Waals surface area (Å²) >= 11 is 6.20. The summed E-state index contributed by atoms with van der Waals surface area (Å²) in [6.07, 6.45) is 6.92. The van der Waals surface area contributed by atoms with Crippen LogP contribution in [-0.4, -0.2) is 60.7 Å². The summed E-state index contributed by atoms with van der Waals surface area (Å²) in [6.45, 7) is 9.44. The van der Waals surface area contributed by atoms with Crippen LogP contribution in [0, 0.1) is 5.41 Å². The third kappa shape index (κ3) is 6.18. The van der Waals surface area contributed by atoms with Crippen LogP contribution < -0.4 is 9.64 Å². The van der Waals surface area contributed by atoms with Gasteiger partial charge in [-0.05, 0) is 72.2 Å². The smallest absolute Gasteiger partial charge is 0.341 e. The first kappa shape index (κ1) is 28.3. The molecule has 2 aromatic carbocycles. The van der Waals surface area contributed by atoms with Gasteiger partial charge >= 0.3 is 5.97 Å². The van der Waals surface area contributed by atoms with Gasteiger partial charge in [-0.1, -0.05) is 43.2 Å². The van der Waals surface area contributed by atoms with Crippen molar-refractivity contribution in [3.05, 3.63) is 88.7 Å². The number of benzene rings is 2. The fraction of sp³-hybridized carbons (Fsp3) is 0.353. The molecule has 6 rings (SSSR count). The van der Waals surface area contributed by atoms with E-state index in [1.807, 2.05) is 42.6 Å². The Morgan fingerprint density at radius 3 is 2.60 bits per heavy atom. The van der Waals surface area contributed by atoms with Crippen LogP contribution in [0.4, 0.5) is 5.69 Å². The van der Waals surface area contributed by atoms with Crippen LogP contribution in [0.2, 0.25) is 5.02 Å². The van der Waals surface area contributed by atoms with Gasteiger partial charge in [-0.2, -0.15) is 0 Å². The SMILES string of the molecule is COC(=O)c1ccc(N2CCN(CC3=C(c4ccc(Cl)cc4)CC(C)(C)CC3)CC2)cc1Oc1cnc2[nH]ccc2c1. The number of rotatable bonds is 7. The Kier molecular flexibility index (Phi) is 7.97. The molecule has 1 saturated heterocycles. The molecule has 2 aliphatic rings. The normalized spacial score (nSPS) is 17.5. The quantitative estimate of drug-likeness (QED) is 0.226. The lowest BCUT2D eigenvalue weighted by Gasteiger charge is -2.39. The molecule has 7 nitrogen and oxygen atoms in total. The number of nitrogens with one attached hydrogen (secondary N) is 1. The van der Waals surface area contributed by atoms with E-state index in [-0.39, 0.29) is 0 Å². The van der Waals surface area contributed by atoms with Crippen molar-refractivity contribution in [3.8, 4) is 11.5 Å². The van der Waals surface area contributed by atoms with Gasteiger partial charge in [-0.15, -0.1) is 0 Å². The van der Waals surface area contributed by atoms with Gasteiger partial charge in [-0.3, -0.25) is 4.90 Å². The fourth-order valence-electron chi connectivity index (χ4n) is 6.07. The lowest BCUT2D eigenvalue weighted by atomic mass is 9.72. The third-order valence-electron chi connectivity index (χ3n) is 8.50. The van der Waals surface area contributed by atoms with Gasteiger partial charge in [0.15, 0.2) is 0 Å². The summed E-state index contributed by atoms with van der Waals surface area (Å²) in [6, 6.07) is 17.9. The van der Waals surface area contributed by atoms with E-state index in [1.165, 1.54) is 24.7 Å². The summed E-state index contributed by atoms with van der Waals surface area (Å²) in [7, 11) is 1.38. The number of carbonyl (C=O) groups excluding carboxylic acids is 1. The molecule has 2 aromatic heterocycles. The van der Waals surface area contributed by atoms with E-state index in [0.717, 1.165) is 67.3 Å². The van der Waals surface area contributed by atoms with Crippen LogP contribution in [0.3, 0.4) is 0 Å². The molecule has 0 saturated carbocycles. The number of esters is 1. The highest BCUT2D eigenvalue weighted by Crippen LogP contribution is 2.43. The number of ether oxygens (including phenoxy) is 2. The van der Waals surface area contributed by atoms with E-state index in [0.29, 0.717) is 22.5 Å². The van der Waals surface area contributed by atoms with Gasteiger partial charge in [-0.25, -0.2) is 9.78 Å². The first-order valence-corrected chi connectivity index (χ1v) is 14.9. The van der Waals surface area contributed by atoms with Gasteiger partial charge in [0.2, 0.25) is 0 Å². The van der Waals surface area contributed by atoms with E-state index in [2.05, 4.69) is 45.7 Å². The molecule has 1 N–H and O–H groups in total. The molecule has 0 spiro atoms. The Morgan fingerprint density at radius 1 is 1.05 bits per heavy atom. The summed E-state index contributed by atoms with van der Waals surface area (Å²) in [5.41, 5.74) is 6.83. The van der Waals surface area contributed by atoms with Crippen molar-refractivity contribution in [2.24, 2.45) is 5.41 Å². The Morgan fingerprint density at radius 2 is 1.83 bits per heavy atom. The van der Waals surface area contributed by atoms with Crippen molar-refractivity contribution in [3.63, 3.8) is 0 Å². The van der Waals surface area contributed by atoms with Crippen molar-refractivity contribution >= 4 is 39.9 Å². The number of allylic oxidation sites excluding steroid dienone is 1. The first-order valence-electron chi connectivity index (χ1n) is 14.6. The number of pyridine rings is 1. The van der Waals surface area contributed by atoms with E-state index >= 15 is 0 Å². The second-order valence-electron chi connectivity index (χ2n) is 12.1.